The lowest BCUT2D eigenvalue weighted by atomic mass is 10.0. The van der Waals surface area contributed by atoms with Gasteiger partial charge >= 0.3 is 5.97 Å². The Bertz CT molecular complexity index is 343. The molecule has 0 saturated heterocycles. The first kappa shape index (κ1) is 13.1. The molecule has 90 valence electrons. The predicted molar refractivity (Wildman–Crippen MR) is 64.6 cm³/mol. The van der Waals surface area contributed by atoms with E-state index in [9.17, 15) is 4.79 Å². The molecule has 0 aromatic carbocycles. The molecular weight excluding hydrogens is 224 g/mol. The van der Waals surface area contributed by atoms with Crippen LogP contribution in [0, 0.1) is 0 Å². The zero-order chi connectivity index (χ0) is 12.3. The molecule has 1 unspecified atom stereocenters. The molecule has 1 rings (SSSR count). The van der Waals surface area contributed by atoms with Gasteiger partial charge in [0.1, 0.15) is 0 Å². The monoisotopic (exact) mass is 242 g/mol. The van der Waals surface area contributed by atoms with Crippen molar-refractivity contribution in [3.8, 4) is 0 Å². The molecule has 1 N–H and O–H groups in total. The van der Waals surface area contributed by atoms with Gasteiger partial charge in [0.2, 0.25) is 0 Å². The summed E-state index contributed by atoms with van der Waals surface area (Å²) in [4.78, 5) is 17.0. The van der Waals surface area contributed by atoms with Crippen LogP contribution in [0.3, 0.4) is 0 Å². The highest BCUT2D eigenvalue weighted by Gasteiger charge is 2.29. The van der Waals surface area contributed by atoms with Crippen LogP contribution in [0.2, 0.25) is 0 Å². The molecule has 4 nitrogen and oxygen atoms in total. The lowest BCUT2D eigenvalue weighted by Gasteiger charge is -2.38. The molecule has 0 fully saturated rings. The lowest BCUT2D eigenvalue weighted by Crippen LogP contribution is -2.45. The molecule has 1 aromatic heterocycles. The van der Waals surface area contributed by atoms with E-state index in [4.69, 9.17) is 5.11 Å². The highest BCUT2D eigenvalue weighted by atomic mass is 32.1. The van der Waals surface area contributed by atoms with Crippen molar-refractivity contribution >= 4 is 17.3 Å². The summed E-state index contributed by atoms with van der Waals surface area (Å²) in [6.07, 6.45) is 0. The molecule has 0 spiro atoms. The Kier molecular flexibility index (Phi) is 4.04. The topological polar surface area (TPSA) is 53.4 Å². The normalized spacial score (nSPS) is 14.1. The Labute approximate surface area is 99.9 Å². The molecular formula is C11H18N2O2S. The number of aromatic nitrogens is 1. The summed E-state index contributed by atoms with van der Waals surface area (Å²) in [5.74, 6) is -0.808. The SMILES string of the molecule is CC(c1cscn1)N(CC(=O)O)C(C)(C)C. The number of rotatable bonds is 4. The number of nitrogens with zero attached hydrogens (tertiary/aromatic N) is 2. The second kappa shape index (κ2) is 4.93. The number of carboxylic acids is 1. The van der Waals surface area contributed by atoms with Crippen LogP contribution >= 0.6 is 11.3 Å². The summed E-state index contributed by atoms with van der Waals surface area (Å²) in [5.41, 5.74) is 2.51. The van der Waals surface area contributed by atoms with Crippen molar-refractivity contribution in [1.29, 1.82) is 0 Å². The number of thiazole rings is 1. The van der Waals surface area contributed by atoms with E-state index < -0.39 is 5.97 Å². The van der Waals surface area contributed by atoms with E-state index in [1.165, 1.54) is 11.3 Å². The fourth-order valence-corrected chi connectivity index (χ4v) is 2.33. The molecule has 0 amide bonds. The molecule has 5 heteroatoms. The third-order valence-corrected chi connectivity index (χ3v) is 3.12. The summed E-state index contributed by atoms with van der Waals surface area (Å²) in [5, 5.41) is 10.9. The van der Waals surface area contributed by atoms with Crippen LogP contribution in [0.5, 0.6) is 0 Å². The van der Waals surface area contributed by atoms with Crippen LogP contribution in [0.15, 0.2) is 10.9 Å². The van der Waals surface area contributed by atoms with Crippen LogP contribution in [0.1, 0.15) is 39.4 Å². The first-order valence-electron chi connectivity index (χ1n) is 5.19. The summed E-state index contributed by atoms with van der Waals surface area (Å²) >= 11 is 1.53. The summed E-state index contributed by atoms with van der Waals surface area (Å²) < 4.78 is 0. The number of hydrogen-bond donors (Lipinski definition) is 1. The van der Waals surface area contributed by atoms with Gasteiger partial charge in [-0.1, -0.05) is 0 Å². The van der Waals surface area contributed by atoms with E-state index in [0.29, 0.717) is 0 Å². The molecule has 0 saturated carbocycles. The summed E-state index contributed by atoms with van der Waals surface area (Å²) in [7, 11) is 0. The molecule has 1 atom stereocenters. The predicted octanol–water partition coefficient (Wildman–Crippen LogP) is 2.39. The van der Waals surface area contributed by atoms with E-state index in [1.807, 2.05) is 38.0 Å². The van der Waals surface area contributed by atoms with Gasteiger partial charge in [0.15, 0.2) is 0 Å². The first-order valence-corrected chi connectivity index (χ1v) is 6.13. The zero-order valence-corrected chi connectivity index (χ0v) is 10.9. The van der Waals surface area contributed by atoms with E-state index in [-0.39, 0.29) is 18.1 Å². The maximum absolute atomic E-state index is 10.9. The Morgan fingerprint density at radius 1 is 1.62 bits per heavy atom. The van der Waals surface area contributed by atoms with Gasteiger partial charge in [-0.15, -0.1) is 11.3 Å². The second-order valence-corrected chi connectivity index (χ2v) is 5.50. The lowest BCUT2D eigenvalue weighted by molar-refractivity contribution is -0.140. The van der Waals surface area contributed by atoms with Crippen molar-refractivity contribution < 1.29 is 9.90 Å². The van der Waals surface area contributed by atoms with Crippen molar-refractivity contribution in [2.24, 2.45) is 0 Å². The minimum Gasteiger partial charge on any atom is -0.480 e. The van der Waals surface area contributed by atoms with Gasteiger partial charge in [-0.05, 0) is 27.7 Å². The van der Waals surface area contributed by atoms with E-state index in [0.717, 1.165) is 5.69 Å². The van der Waals surface area contributed by atoms with Crippen LogP contribution in [-0.4, -0.2) is 33.0 Å². The maximum Gasteiger partial charge on any atom is 0.317 e. The third-order valence-electron chi connectivity index (χ3n) is 2.51. The molecule has 0 aliphatic rings. The van der Waals surface area contributed by atoms with Gasteiger partial charge in [0.05, 0.1) is 23.8 Å². The molecule has 0 bridgehead atoms. The number of carbonyl (C=O) groups is 1. The van der Waals surface area contributed by atoms with Crippen molar-refractivity contribution in [1.82, 2.24) is 9.88 Å². The average molecular weight is 242 g/mol. The van der Waals surface area contributed by atoms with Gasteiger partial charge in [0.25, 0.3) is 0 Å². The Morgan fingerprint density at radius 3 is 2.62 bits per heavy atom. The minimum atomic E-state index is -0.808. The quantitative estimate of drug-likeness (QED) is 0.880. The third kappa shape index (κ3) is 3.28. The van der Waals surface area contributed by atoms with E-state index in [1.54, 1.807) is 5.51 Å². The van der Waals surface area contributed by atoms with Gasteiger partial charge in [-0.25, -0.2) is 4.98 Å². The van der Waals surface area contributed by atoms with Gasteiger partial charge in [-0.2, -0.15) is 0 Å². The average Bonchev–Trinajstić information content (AvgIpc) is 2.63. The maximum atomic E-state index is 10.9. The van der Waals surface area contributed by atoms with Crippen LogP contribution in [0.4, 0.5) is 0 Å². The van der Waals surface area contributed by atoms with Crippen LogP contribution < -0.4 is 0 Å². The minimum absolute atomic E-state index is 0.0161. The van der Waals surface area contributed by atoms with E-state index in [2.05, 4.69) is 4.98 Å². The summed E-state index contributed by atoms with van der Waals surface area (Å²) in [6, 6.07) is 0.0161. The van der Waals surface area contributed by atoms with Gasteiger partial charge < -0.3 is 5.11 Å². The second-order valence-electron chi connectivity index (χ2n) is 4.78. The first-order chi connectivity index (χ1) is 7.32. The standard InChI is InChI=1S/C11H18N2O2S/c1-8(9-6-16-7-12-9)13(5-10(14)15)11(2,3)4/h6-8H,5H2,1-4H3,(H,14,15). The number of hydrogen-bond acceptors (Lipinski definition) is 4. The smallest absolute Gasteiger partial charge is 0.317 e. The summed E-state index contributed by atoms with van der Waals surface area (Å²) in [6.45, 7) is 8.06. The molecule has 0 aliphatic carbocycles. The van der Waals surface area contributed by atoms with Crippen LogP contribution in [-0.2, 0) is 4.79 Å². The van der Waals surface area contributed by atoms with Crippen molar-refractivity contribution in [3.63, 3.8) is 0 Å². The van der Waals surface area contributed by atoms with E-state index >= 15 is 0 Å². The largest absolute Gasteiger partial charge is 0.480 e. The highest BCUT2D eigenvalue weighted by molar-refractivity contribution is 7.07. The van der Waals surface area contributed by atoms with Gasteiger partial charge in [0, 0.05) is 10.9 Å². The Hall–Kier alpha value is -0.940. The van der Waals surface area contributed by atoms with Crippen molar-refractivity contribution in [3.05, 3.63) is 16.6 Å². The highest BCUT2D eigenvalue weighted by Crippen LogP contribution is 2.27. The molecule has 16 heavy (non-hydrogen) atoms. The number of aliphatic carboxylic acids is 1. The molecule has 0 aliphatic heterocycles. The number of carboxylic acid groups (broad SMARTS) is 1. The molecule has 1 aromatic rings. The van der Waals surface area contributed by atoms with Crippen LogP contribution in [0.25, 0.3) is 0 Å². The fraction of sp³-hybridized carbons (Fsp3) is 0.636. The van der Waals surface area contributed by atoms with Gasteiger partial charge in [-0.3, -0.25) is 9.69 Å². The Morgan fingerprint density at radius 2 is 2.25 bits per heavy atom. The molecule has 1 heterocycles. The van der Waals surface area contributed by atoms with Crippen molar-refractivity contribution in [2.75, 3.05) is 6.54 Å². The molecule has 0 radical (unpaired) electrons. The van der Waals surface area contributed by atoms with Crippen molar-refractivity contribution in [2.45, 2.75) is 39.3 Å². The zero-order valence-electron chi connectivity index (χ0n) is 10.1. The Balaban J connectivity index is 2.89. The fourth-order valence-electron chi connectivity index (χ4n) is 1.69.